The average Bonchev–Trinajstić information content (AvgIpc) is 3.39. The summed E-state index contributed by atoms with van der Waals surface area (Å²) < 4.78 is 5.49. The van der Waals surface area contributed by atoms with Crippen LogP contribution in [0.1, 0.15) is 341 Å². The molecule has 0 aliphatic heterocycles. The zero-order valence-corrected chi connectivity index (χ0v) is 48.9. The van der Waals surface area contributed by atoms with Gasteiger partial charge in [-0.3, -0.25) is 9.59 Å². The number of aliphatic hydroxyl groups excluding tert-OH is 2. The van der Waals surface area contributed by atoms with E-state index in [0.717, 1.165) is 64.2 Å². The van der Waals surface area contributed by atoms with Gasteiger partial charge in [-0.1, -0.05) is 287 Å². The molecule has 0 radical (unpaired) electrons. The van der Waals surface area contributed by atoms with E-state index in [0.29, 0.717) is 25.9 Å². The highest BCUT2D eigenvalue weighted by Gasteiger charge is 2.20. The number of carbonyl (C=O) groups is 2. The molecule has 0 fully saturated rings. The molecule has 0 aliphatic carbocycles. The van der Waals surface area contributed by atoms with E-state index in [1.54, 1.807) is 0 Å². The molecule has 6 heteroatoms. The van der Waals surface area contributed by atoms with E-state index in [-0.39, 0.29) is 18.5 Å². The number of allylic oxidation sites excluding steroid dienone is 8. The van der Waals surface area contributed by atoms with E-state index in [1.165, 1.54) is 244 Å². The van der Waals surface area contributed by atoms with Gasteiger partial charge >= 0.3 is 5.97 Å². The van der Waals surface area contributed by atoms with E-state index in [2.05, 4.69) is 67.8 Å². The van der Waals surface area contributed by atoms with Crippen molar-refractivity contribution in [1.82, 2.24) is 5.32 Å². The largest absolute Gasteiger partial charge is 0.466 e. The van der Waals surface area contributed by atoms with Gasteiger partial charge < -0.3 is 20.3 Å². The first kappa shape index (κ1) is 70.8. The molecule has 0 saturated carbocycles. The van der Waals surface area contributed by atoms with Gasteiger partial charge in [-0.05, 0) is 89.9 Å². The van der Waals surface area contributed by atoms with Crippen molar-refractivity contribution < 1.29 is 24.5 Å². The molecule has 0 spiro atoms. The van der Waals surface area contributed by atoms with Crippen LogP contribution < -0.4 is 5.32 Å². The maximum absolute atomic E-state index is 12.5. The van der Waals surface area contributed by atoms with Crippen LogP contribution in [-0.4, -0.2) is 47.4 Å². The van der Waals surface area contributed by atoms with Crippen LogP contribution in [-0.2, 0) is 14.3 Å². The minimum absolute atomic E-state index is 0.000325. The fourth-order valence-electron chi connectivity index (χ4n) is 9.88. The highest BCUT2D eigenvalue weighted by atomic mass is 16.5. The Balaban J connectivity index is 3.44. The number of ether oxygens (including phenoxy) is 1. The standard InChI is InChI=1S/C67H125NO5/c1-3-5-7-9-11-13-15-17-19-20-29-33-37-41-45-49-53-57-61-67(72)73-62-58-54-50-46-42-38-34-30-27-25-23-21-22-24-26-28-32-36-40-44-48-52-56-60-66(71)68-64(63-69)65(70)59-55-51-47-43-39-35-31-18-16-14-12-10-8-6-4-2/h13,15,19-21,23-24,26,64-65,69-70H,3-12,14,16-18,22,25,27-63H2,1-2H3,(H,68,71)/b15-13-,20-19-,23-21-,26-24-. The van der Waals surface area contributed by atoms with Crippen molar-refractivity contribution in [1.29, 1.82) is 0 Å². The number of esters is 1. The molecule has 1 amide bonds. The smallest absolute Gasteiger partial charge is 0.305 e. The van der Waals surface area contributed by atoms with Gasteiger partial charge in [0.25, 0.3) is 0 Å². The Kier molecular flexibility index (Phi) is 60.5. The van der Waals surface area contributed by atoms with Gasteiger partial charge in [0.2, 0.25) is 5.91 Å². The van der Waals surface area contributed by atoms with Crippen LogP contribution in [0.15, 0.2) is 48.6 Å². The summed E-state index contributed by atoms with van der Waals surface area (Å²) >= 11 is 0. The molecule has 0 aromatic heterocycles. The number of aliphatic hydroxyl groups is 2. The number of hydrogen-bond donors (Lipinski definition) is 3. The molecule has 0 saturated heterocycles. The fourth-order valence-corrected chi connectivity index (χ4v) is 9.88. The lowest BCUT2D eigenvalue weighted by Gasteiger charge is -2.22. The van der Waals surface area contributed by atoms with Crippen molar-refractivity contribution in [3.8, 4) is 0 Å². The van der Waals surface area contributed by atoms with Crippen LogP contribution in [0.4, 0.5) is 0 Å². The molecule has 0 bridgehead atoms. The SMILES string of the molecule is CCCCCC/C=C\C/C=C\CCCCCCCCCC(=O)OCCCCCCCCCCC/C=C\C/C=C\CCCCCCCCCC(=O)NC(CO)C(O)CCCCCCCCCCCCCCCCC. The van der Waals surface area contributed by atoms with Gasteiger partial charge in [-0.15, -0.1) is 0 Å². The van der Waals surface area contributed by atoms with Crippen LogP contribution in [0.25, 0.3) is 0 Å². The summed E-state index contributed by atoms with van der Waals surface area (Å²) in [5.74, 6) is -0.0448. The Morgan fingerprint density at radius 1 is 0.384 bits per heavy atom. The fraction of sp³-hybridized carbons (Fsp3) is 0.851. The van der Waals surface area contributed by atoms with Gasteiger partial charge in [0.1, 0.15) is 0 Å². The number of hydrogen-bond acceptors (Lipinski definition) is 5. The molecule has 0 aromatic rings. The molecule has 2 atom stereocenters. The molecular formula is C67H125NO5. The maximum atomic E-state index is 12.5. The molecule has 3 N–H and O–H groups in total. The van der Waals surface area contributed by atoms with Crippen LogP contribution in [0.5, 0.6) is 0 Å². The molecule has 6 nitrogen and oxygen atoms in total. The second kappa shape index (κ2) is 62.4. The quantitative estimate of drug-likeness (QED) is 0.0320. The Hall–Kier alpha value is -2.18. The molecule has 428 valence electrons. The monoisotopic (exact) mass is 1020 g/mol. The summed E-state index contributed by atoms with van der Waals surface area (Å²) in [7, 11) is 0. The van der Waals surface area contributed by atoms with E-state index in [4.69, 9.17) is 4.74 Å². The maximum Gasteiger partial charge on any atom is 0.305 e. The minimum atomic E-state index is -0.672. The van der Waals surface area contributed by atoms with Gasteiger partial charge in [-0.25, -0.2) is 0 Å². The van der Waals surface area contributed by atoms with Crippen molar-refractivity contribution in [2.45, 2.75) is 353 Å². The molecule has 0 rings (SSSR count). The van der Waals surface area contributed by atoms with Crippen molar-refractivity contribution in [2.24, 2.45) is 0 Å². The third kappa shape index (κ3) is 58.9. The Labute approximate surface area is 455 Å². The number of rotatable bonds is 60. The summed E-state index contributed by atoms with van der Waals surface area (Å²) in [6.45, 7) is 4.94. The molecule has 0 heterocycles. The first-order chi connectivity index (χ1) is 36.0. The lowest BCUT2D eigenvalue weighted by Crippen LogP contribution is -2.45. The second-order valence-corrected chi connectivity index (χ2v) is 22.1. The van der Waals surface area contributed by atoms with E-state index >= 15 is 0 Å². The van der Waals surface area contributed by atoms with E-state index in [9.17, 15) is 19.8 Å². The van der Waals surface area contributed by atoms with Gasteiger partial charge in [0.05, 0.1) is 25.4 Å². The summed E-state index contributed by atoms with van der Waals surface area (Å²) in [5.41, 5.74) is 0. The normalized spacial score (nSPS) is 12.9. The van der Waals surface area contributed by atoms with Gasteiger partial charge in [0.15, 0.2) is 0 Å². The highest BCUT2D eigenvalue weighted by molar-refractivity contribution is 5.76. The summed E-state index contributed by atoms with van der Waals surface area (Å²) in [4.78, 5) is 24.6. The molecule has 2 unspecified atom stereocenters. The first-order valence-electron chi connectivity index (χ1n) is 32.4. The predicted molar refractivity (Wildman–Crippen MR) is 319 cm³/mol. The van der Waals surface area contributed by atoms with Crippen LogP contribution >= 0.6 is 0 Å². The van der Waals surface area contributed by atoms with Crippen LogP contribution in [0.3, 0.4) is 0 Å². The number of nitrogens with one attached hydrogen (secondary N) is 1. The third-order valence-corrected chi connectivity index (χ3v) is 14.9. The summed E-state index contributed by atoms with van der Waals surface area (Å²) in [6.07, 6.45) is 79.8. The molecular weight excluding hydrogens is 899 g/mol. The van der Waals surface area contributed by atoms with Crippen molar-refractivity contribution in [3.63, 3.8) is 0 Å². The zero-order chi connectivity index (χ0) is 52.9. The van der Waals surface area contributed by atoms with E-state index < -0.39 is 12.1 Å². The Morgan fingerprint density at radius 3 is 1.05 bits per heavy atom. The van der Waals surface area contributed by atoms with Gasteiger partial charge in [0, 0.05) is 12.8 Å². The Morgan fingerprint density at radius 2 is 0.685 bits per heavy atom. The van der Waals surface area contributed by atoms with E-state index in [1.807, 2.05) is 0 Å². The van der Waals surface area contributed by atoms with Crippen molar-refractivity contribution >= 4 is 11.9 Å². The molecule has 0 aromatic carbocycles. The molecule has 73 heavy (non-hydrogen) atoms. The lowest BCUT2D eigenvalue weighted by molar-refractivity contribution is -0.143. The minimum Gasteiger partial charge on any atom is -0.466 e. The topological polar surface area (TPSA) is 95.9 Å². The lowest BCUT2D eigenvalue weighted by atomic mass is 10.0. The number of carbonyl (C=O) groups excluding carboxylic acids is 2. The number of unbranched alkanes of at least 4 members (excludes halogenated alkanes) is 41. The van der Waals surface area contributed by atoms with Crippen LogP contribution in [0.2, 0.25) is 0 Å². The molecule has 0 aliphatic rings. The predicted octanol–water partition coefficient (Wildman–Crippen LogP) is 20.5. The van der Waals surface area contributed by atoms with Crippen molar-refractivity contribution in [2.75, 3.05) is 13.2 Å². The Bertz CT molecular complexity index is 1230. The highest BCUT2D eigenvalue weighted by Crippen LogP contribution is 2.17. The number of amides is 1. The third-order valence-electron chi connectivity index (χ3n) is 14.9. The van der Waals surface area contributed by atoms with Gasteiger partial charge in [-0.2, -0.15) is 0 Å². The van der Waals surface area contributed by atoms with Crippen molar-refractivity contribution in [3.05, 3.63) is 48.6 Å². The summed E-state index contributed by atoms with van der Waals surface area (Å²) in [6, 6.07) is -0.550. The zero-order valence-electron chi connectivity index (χ0n) is 48.9. The van der Waals surface area contributed by atoms with Crippen LogP contribution in [0, 0.1) is 0 Å². The summed E-state index contributed by atoms with van der Waals surface area (Å²) in [5, 5.41) is 23.3. The first-order valence-corrected chi connectivity index (χ1v) is 32.4. The average molecular weight is 1020 g/mol. The second-order valence-electron chi connectivity index (χ2n) is 22.1.